The first kappa shape index (κ1) is 19.9. The van der Waals surface area contributed by atoms with Gasteiger partial charge in [0, 0.05) is 23.2 Å². The Morgan fingerprint density at radius 1 is 1.32 bits per heavy atom. The monoisotopic (exact) mass is 430 g/mol. The van der Waals surface area contributed by atoms with E-state index >= 15 is 0 Å². The summed E-state index contributed by atoms with van der Waals surface area (Å²) in [5.74, 6) is -0.941. The van der Waals surface area contributed by atoms with Crippen molar-refractivity contribution in [2.45, 2.75) is 63.5 Å². The highest BCUT2D eigenvalue weighted by Gasteiger charge is 2.64. The largest absolute Gasteiger partial charge is 0.332 e. The van der Waals surface area contributed by atoms with Gasteiger partial charge in [-0.15, -0.1) is 0 Å². The number of aryl methyl sites for hydroxylation is 1. The summed E-state index contributed by atoms with van der Waals surface area (Å²) >= 11 is 0. The first-order valence-electron chi connectivity index (χ1n) is 10.3. The summed E-state index contributed by atoms with van der Waals surface area (Å²) in [5.41, 5.74) is 0.230. The maximum absolute atomic E-state index is 14.4. The van der Waals surface area contributed by atoms with E-state index in [4.69, 9.17) is 0 Å². The molecule has 1 saturated carbocycles. The van der Waals surface area contributed by atoms with Crippen LogP contribution >= 0.6 is 0 Å². The molecule has 0 spiro atoms. The third kappa shape index (κ3) is 2.99. The smallest absolute Gasteiger partial charge is 0.280 e. The molecule has 3 aromatic heterocycles. The minimum atomic E-state index is -2.74. The number of carbonyl (C=O) groups is 1. The molecule has 1 amide bonds. The van der Waals surface area contributed by atoms with Crippen LogP contribution in [0.5, 0.6) is 0 Å². The first-order valence-corrected chi connectivity index (χ1v) is 10.3. The minimum absolute atomic E-state index is 0.0115. The molecule has 10 heteroatoms. The van der Waals surface area contributed by atoms with E-state index in [1.54, 1.807) is 11.8 Å². The summed E-state index contributed by atoms with van der Waals surface area (Å²) in [5, 5.41) is 4.19. The summed E-state index contributed by atoms with van der Waals surface area (Å²) in [4.78, 5) is 27.0. The number of fused-ring (bicyclic) bond motifs is 2. The van der Waals surface area contributed by atoms with Gasteiger partial charge in [-0.3, -0.25) is 9.78 Å². The van der Waals surface area contributed by atoms with Crippen LogP contribution < -0.4 is 0 Å². The second-order valence-corrected chi connectivity index (χ2v) is 8.33. The van der Waals surface area contributed by atoms with Crippen LogP contribution in [0.3, 0.4) is 0 Å². The number of hydrogen-bond donors (Lipinski definition) is 0. The summed E-state index contributed by atoms with van der Waals surface area (Å²) in [6.07, 6.45) is 2.33. The summed E-state index contributed by atoms with van der Waals surface area (Å²) < 4.78 is 42.9. The molecule has 31 heavy (non-hydrogen) atoms. The van der Waals surface area contributed by atoms with Crippen LogP contribution in [0.15, 0.2) is 24.7 Å². The van der Waals surface area contributed by atoms with Crippen LogP contribution in [0.2, 0.25) is 0 Å². The van der Waals surface area contributed by atoms with E-state index in [9.17, 15) is 18.0 Å². The van der Waals surface area contributed by atoms with Gasteiger partial charge >= 0.3 is 0 Å². The molecule has 3 atom stereocenters. The lowest BCUT2D eigenvalue weighted by Crippen LogP contribution is -2.48. The number of likely N-dealkylation sites (tertiary alicyclic amines) is 1. The van der Waals surface area contributed by atoms with Gasteiger partial charge in [-0.25, -0.2) is 22.7 Å². The second kappa shape index (κ2) is 7.00. The van der Waals surface area contributed by atoms with Gasteiger partial charge in [0.15, 0.2) is 5.82 Å². The number of aromatic nitrogens is 5. The molecule has 4 heterocycles. The van der Waals surface area contributed by atoms with Crippen molar-refractivity contribution in [3.05, 3.63) is 53.1 Å². The minimum Gasteiger partial charge on any atom is -0.332 e. The fraction of sp³-hybridized carbons (Fsp3) is 0.476. The van der Waals surface area contributed by atoms with Gasteiger partial charge in [-0.2, -0.15) is 10.1 Å². The Kier molecular flexibility index (Phi) is 4.49. The summed E-state index contributed by atoms with van der Waals surface area (Å²) in [6.45, 7) is 3.70. The number of alkyl halides is 2. The molecule has 1 aliphatic carbocycles. The summed E-state index contributed by atoms with van der Waals surface area (Å²) in [7, 11) is 0. The Hall–Kier alpha value is -3.04. The fourth-order valence-corrected chi connectivity index (χ4v) is 4.99. The van der Waals surface area contributed by atoms with Gasteiger partial charge in [-0.05, 0) is 44.7 Å². The number of hydrogen-bond acceptors (Lipinski definition) is 5. The number of rotatable bonds is 4. The van der Waals surface area contributed by atoms with E-state index in [-0.39, 0.29) is 35.0 Å². The Morgan fingerprint density at radius 2 is 2.13 bits per heavy atom. The number of carbonyl (C=O) groups excluding carboxylic acids is 1. The van der Waals surface area contributed by atoms with Crippen molar-refractivity contribution in [2.24, 2.45) is 0 Å². The molecule has 0 bridgehead atoms. The highest BCUT2D eigenvalue weighted by Crippen LogP contribution is 2.59. The number of amides is 1. The summed E-state index contributed by atoms with van der Waals surface area (Å²) in [6, 6.07) is 2.55. The predicted molar refractivity (Wildman–Crippen MR) is 104 cm³/mol. The molecule has 162 valence electrons. The lowest BCUT2D eigenvalue weighted by Gasteiger charge is -2.39. The zero-order valence-corrected chi connectivity index (χ0v) is 17.1. The Morgan fingerprint density at radius 3 is 2.87 bits per heavy atom. The van der Waals surface area contributed by atoms with Gasteiger partial charge in [0.05, 0.1) is 17.5 Å². The standard InChI is InChI=1S/C21H21F3N6O/c1-3-12-4-5-21(16-7-15(18(23)24)28-20-26-10-27-30(16)20)8-17(21)29(12)19(31)13-6-11(2)25-9-14(13)22/h6-7,9-10,12,17-18H,3-5,8H2,1-2H3/t12-,17+,21-/m0/s1. The highest BCUT2D eigenvalue weighted by molar-refractivity contribution is 5.95. The topological polar surface area (TPSA) is 76.3 Å². The predicted octanol–water partition coefficient (Wildman–Crippen LogP) is 3.63. The van der Waals surface area contributed by atoms with Crippen LogP contribution in [0.4, 0.5) is 13.2 Å². The van der Waals surface area contributed by atoms with Crippen LogP contribution in [0.1, 0.15) is 66.5 Å². The van der Waals surface area contributed by atoms with Gasteiger partial charge in [0.1, 0.15) is 12.0 Å². The zero-order valence-electron chi connectivity index (χ0n) is 17.1. The molecule has 1 aliphatic heterocycles. The fourth-order valence-electron chi connectivity index (χ4n) is 4.99. The van der Waals surface area contributed by atoms with E-state index in [0.717, 1.165) is 19.0 Å². The molecule has 2 fully saturated rings. The zero-order chi connectivity index (χ0) is 21.9. The lowest BCUT2D eigenvalue weighted by atomic mass is 9.86. The van der Waals surface area contributed by atoms with E-state index in [2.05, 4.69) is 20.1 Å². The molecular weight excluding hydrogens is 409 g/mol. The highest BCUT2D eigenvalue weighted by atomic mass is 19.3. The Labute approximate surface area is 176 Å². The molecule has 0 radical (unpaired) electrons. The average molecular weight is 430 g/mol. The number of pyridine rings is 1. The molecule has 0 N–H and O–H groups in total. The van der Waals surface area contributed by atoms with Crippen LogP contribution in [-0.2, 0) is 5.41 Å². The molecule has 7 nitrogen and oxygen atoms in total. The van der Waals surface area contributed by atoms with Crippen molar-refractivity contribution in [3.8, 4) is 0 Å². The van der Waals surface area contributed by atoms with Crippen LogP contribution in [0.25, 0.3) is 5.78 Å². The molecular formula is C21H21F3N6O. The van der Waals surface area contributed by atoms with Gasteiger partial charge < -0.3 is 4.90 Å². The maximum atomic E-state index is 14.4. The molecule has 2 aliphatic rings. The van der Waals surface area contributed by atoms with E-state index in [1.807, 2.05) is 6.92 Å². The SMILES string of the molecule is CC[C@H]1CC[C@@]2(c3cc(C(F)F)nc4ncnn34)C[C@H]2N1C(=O)c1cc(C)ncc1F. The molecule has 1 saturated heterocycles. The Bertz CT molecular complexity index is 1180. The van der Waals surface area contributed by atoms with Crippen molar-refractivity contribution in [1.82, 2.24) is 29.5 Å². The average Bonchev–Trinajstić information content (AvgIpc) is 3.32. The molecule has 5 rings (SSSR count). The number of piperidine rings is 1. The van der Waals surface area contributed by atoms with Crippen molar-refractivity contribution in [3.63, 3.8) is 0 Å². The van der Waals surface area contributed by atoms with Gasteiger partial charge in [-0.1, -0.05) is 6.92 Å². The van der Waals surface area contributed by atoms with Gasteiger partial charge in [0.25, 0.3) is 18.1 Å². The lowest BCUT2D eigenvalue weighted by molar-refractivity contribution is 0.0554. The van der Waals surface area contributed by atoms with Crippen LogP contribution in [-0.4, -0.2) is 47.5 Å². The van der Waals surface area contributed by atoms with Crippen molar-refractivity contribution >= 4 is 11.7 Å². The third-order valence-electron chi connectivity index (χ3n) is 6.62. The van der Waals surface area contributed by atoms with E-state index in [1.165, 1.54) is 23.0 Å². The number of halogens is 3. The number of nitrogens with zero attached hydrogens (tertiary/aromatic N) is 6. The molecule has 0 aromatic carbocycles. The van der Waals surface area contributed by atoms with Crippen LogP contribution in [0, 0.1) is 12.7 Å². The maximum Gasteiger partial charge on any atom is 0.280 e. The van der Waals surface area contributed by atoms with Crippen molar-refractivity contribution in [2.75, 3.05) is 0 Å². The quantitative estimate of drug-likeness (QED) is 0.632. The van der Waals surface area contributed by atoms with E-state index < -0.39 is 17.7 Å². The van der Waals surface area contributed by atoms with Crippen molar-refractivity contribution in [1.29, 1.82) is 0 Å². The normalized spacial score (nSPS) is 25.2. The first-order chi connectivity index (χ1) is 14.9. The van der Waals surface area contributed by atoms with Gasteiger partial charge in [0.2, 0.25) is 0 Å². The molecule has 0 unspecified atom stereocenters. The third-order valence-corrected chi connectivity index (χ3v) is 6.62. The second-order valence-electron chi connectivity index (χ2n) is 8.33. The Balaban J connectivity index is 1.58. The molecule has 3 aromatic rings. The van der Waals surface area contributed by atoms with Crippen molar-refractivity contribution < 1.29 is 18.0 Å². The van der Waals surface area contributed by atoms with E-state index in [0.29, 0.717) is 24.2 Å².